The zero-order valence-electron chi connectivity index (χ0n) is 10.2. The van der Waals surface area contributed by atoms with E-state index in [0.717, 1.165) is 0 Å². The minimum absolute atomic E-state index is 0.0664. The van der Waals surface area contributed by atoms with Crippen molar-refractivity contribution in [3.8, 4) is 5.75 Å². The molecule has 2 aromatic rings. The zero-order valence-corrected chi connectivity index (χ0v) is 10.2. The first-order chi connectivity index (χ1) is 9.11. The van der Waals surface area contributed by atoms with Crippen molar-refractivity contribution in [2.75, 3.05) is 12.4 Å². The summed E-state index contributed by atoms with van der Waals surface area (Å²) in [6.07, 6.45) is 0. The summed E-state index contributed by atoms with van der Waals surface area (Å²) < 4.78 is 18.8. The maximum atomic E-state index is 13.7. The third-order valence-electron chi connectivity index (χ3n) is 2.58. The Kier molecular flexibility index (Phi) is 3.66. The second-order valence-corrected chi connectivity index (χ2v) is 3.82. The van der Waals surface area contributed by atoms with Gasteiger partial charge in [0.05, 0.1) is 18.4 Å². The number of carboxylic acids is 1. The number of nitrogens with one attached hydrogen (secondary N) is 1. The lowest BCUT2D eigenvalue weighted by atomic mass is 10.1. The second-order valence-electron chi connectivity index (χ2n) is 3.82. The number of hydrogen-bond donors (Lipinski definition) is 2. The van der Waals surface area contributed by atoms with Crippen molar-refractivity contribution in [1.29, 1.82) is 0 Å². The number of para-hydroxylation sites is 1. The highest BCUT2D eigenvalue weighted by molar-refractivity contribution is 5.95. The van der Waals surface area contributed by atoms with Gasteiger partial charge in [-0.25, -0.2) is 9.18 Å². The standard InChI is InChI=1S/C14H12FNO3/c1-19-10-5-2-4-9(8-10)16-13-11(14(17)18)6-3-7-12(13)15/h2-8,16H,1H3,(H,17,18). The predicted octanol–water partition coefficient (Wildman–Crippen LogP) is 3.28. The molecular formula is C14H12FNO3. The van der Waals surface area contributed by atoms with E-state index in [1.54, 1.807) is 24.3 Å². The number of halogens is 1. The lowest BCUT2D eigenvalue weighted by Gasteiger charge is -2.11. The van der Waals surface area contributed by atoms with Crippen LogP contribution in [-0.4, -0.2) is 18.2 Å². The number of methoxy groups -OCH3 is 1. The normalized spacial score (nSPS) is 10.0. The van der Waals surface area contributed by atoms with Gasteiger partial charge in [0.15, 0.2) is 0 Å². The van der Waals surface area contributed by atoms with E-state index in [0.29, 0.717) is 11.4 Å². The third kappa shape index (κ3) is 2.82. The molecule has 0 fully saturated rings. The molecule has 19 heavy (non-hydrogen) atoms. The van der Waals surface area contributed by atoms with E-state index in [2.05, 4.69) is 5.32 Å². The molecule has 98 valence electrons. The Labute approximate surface area is 109 Å². The SMILES string of the molecule is COc1cccc(Nc2c(F)cccc2C(=O)O)c1. The molecule has 0 saturated carbocycles. The van der Waals surface area contributed by atoms with E-state index >= 15 is 0 Å². The minimum atomic E-state index is -1.19. The lowest BCUT2D eigenvalue weighted by molar-refractivity contribution is 0.0697. The van der Waals surface area contributed by atoms with Gasteiger partial charge in [0, 0.05) is 11.8 Å². The molecule has 0 spiro atoms. The second kappa shape index (κ2) is 5.39. The topological polar surface area (TPSA) is 58.6 Å². The molecule has 0 bridgehead atoms. The Hall–Kier alpha value is -2.56. The van der Waals surface area contributed by atoms with Crippen molar-refractivity contribution in [1.82, 2.24) is 0 Å². The number of ether oxygens (including phenoxy) is 1. The molecule has 0 aliphatic heterocycles. The van der Waals surface area contributed by atoms with E-state index in [9.17, 15) is 9.18 Å². The molecule has 2 aromatic carbocycles. The molecule has 0 radical (unpaired) electrons. The monoisotopic (exact) mass is 261 g/mol. The van der Waals surface area contributed by atoms with Crippen molar-refractivity contribution in [3.05, 3.63) is 53.8 Å². The maximum absolute atomic E-state index is 13.7. The van der Waals surface area contributed by atoms with E-state index in [1.165, 1.54) is 25.3 Å². The zero-order chi connectivity index (χ0) is 13.8. The molecule has 2 rings (SSSR count). The molecule has 0 aliphatic carbocycles. The quantitative estimate of drug-likeness (QED) is 0.886. The van der Waals surface area contributed by atoms with Crippen LogP contribution >= 0.6 is 0 Å². The van der Waals surface area contributed by atoms with Crippen molar-refractivity contribution in [2.45, 2.75) is 0 Å². The van der Waals surface area contributed by atoms with Crippen LogP contribution in [-0.2, 0) is 0 Å². The Morgan fingerprint density at radius 3 is 2.68 bits per heavy atom. The molecule has 0 aromatic heterocycles. The minimum Gasteiger partial charge on any atom is -0.497 e. The highest BCUT2D eigenvalue weighted by atomic mass is 19.1. The van der Waals surface area contributed by atoms with Crippen LogP contribution in [0.1, 0.15) is 10.4 Å². The Morgan fingerprint density at radius 1 is 1.26 bits per heavy atom. The fraction of sp³-hybridized carbons (Fsp3) is 0.0714. The Bertz CT molecular complexity index is 613. The summed E-state index contributed by atoms with van der Waals surface area (Å²) in [7, 11) is 1.52. The summed E-state index contributed by atoms with van der Waals surface area (Å²) in [5, 5.41) is 11.8. The molecule has 0 heterocycles. The van der Waals surface area contributed by atoms with Crippen LogP contribution in [0.2, 0.25) is 0 Å². The van der Waals surface area contributed by atoms with Crippen LogP contribution in [0.15, 0.2) is 42.5 Å². The fourth-order valence-corrected chi connectivity index (χ4v) is 1.67. The Morgan fingerprint density at radius 2 is 2.00 bits per heavy atom. The average molecular weight is 261 g/mol. The van der Waals surface area contributed by atoms with Gasteiger partial charge in [-0.2, -0.15) is 0 Å². The molecule has 2 N–H and O–H groups in total. The number of carbonyl (C=O) groups is 1. The van der Waals surface area contributed by atoms with Gasteiger partial charge in [-0.3, -0.25) is 0 Å². The number of anilines is 2. The fourth-order valence-electron chi connectivity index (χ4n) is 1.67. The molecule has 5 heteroatoms. The van der Waals surface area contributed by atoms with E-state index in [-0.39, 0.29) is 11.3 Å². The van der Waals surface area contributed by atoms with Gasteiger partial charge in [-0.15, -0.1) is 0 Å². The first-order valence-corrected chi connectivity index (χ1v) is 5.54. The van der Waals surface area contributed by atoms with Crippen molar-refractivity contribution >= 4 is 17.3 Å². The molecule has 0 amide bonds. The van der Waals surface area contributed by atoms with E-state index in [4.69, 9.17) is 9.84 Å². The van der Waals surface area contributed by atoms with Gasteiger partial charge >= 0.3 is 5.97 Å². The van der Waals surface area contributed by atoms with Gasteiger partial charge in [-0.05, 0) is 24.3 Å². The number of aromatic carboxylic acids is 1. The van der Waals surface area contributed by atoms with Crippen LogP contribution in [0.25, 0.3) is 0 Å². The van der Waals surface area contributed by atoms with Crippen molar-refractivity contribution < 1.29 is 19.0 Å². The molecule has 4 nitrogen and oxygen atoms in total. The largest absolute Gasteiger partial charge is 0.497 e. The molecule has 0 unspecified atom stereocenters. The van der Waals surface area contributed by atoms with E-state index in [1.807, 2.05) is 0 Å². The van der Waals surface area contributed by atoms with Gasteiger partial charge in [-0.1, -0.05) is 12.1 Å². The first kappa shape index (κ1) is 12.9. The summed E-state index contributed by atoms with van der Waals surface area (Å²) in [6, 6.07) is 10.7. The average Bonchev–Trinajstić information content (AvgIpc) is 2.41. The van der Waals surface area contributed by atoms with Crippen LogP contribution in [0, 0.1) is 5.82 Å². The predicted molar refractivity (Wildman–Crippen MR) is 69.6 cm³/mol. The number of benzene rings is 2. The van der Waals surface area contributed by atoms with Gasteiger partial charge in [0.25, 0.3) is 0 Å². The number of hydrogen-bond acceptors (Lipinski definition) is 3. The summed E-state index contributed by atoms with van der Waals surface area (Å²) >= 11 is 0. The summed E-state index contributed by atoms with van der Waals surface area (Å²) in [5.74, 6) is -1.22. The first-order valence-electron chi connectivity index (χ1n) is 5.54. The molecule has 0 aliphatic rings. The smallest absolute Gasteiger partial charge is 0.337 e. The molecule has 0 atom stereocenters. The molecular weight excluding hydrogens is 249 g/mol. The number of rotatable bonds is 4. The highest BCUT2D eigenvalue weighted by Crippen LogP contribution is 2.26. The Balaban J connectivity index is 2.40. The highest BCUT2D eigenvalue weighted by Gasteiger charge is 2.14. The van der Waals surface area contributed by atoms with Crippen LogP contribution in [0.5, 0.6) is 5.75 Å². The van der Waals surface area contributed by atoms with Gasteiger partial charge in [0.2, 0.25) is 0 Å². The van der Waals surface area contributed by atoms with Crippen LogP contribution in [0.4, 0.5) is 15.8 Å². The van der Waals surface area contributed by atoms with Crippen molar-refractivity contribution in [2.24, 2.45) is 0 Å². The van der Waals surface area contributed by atoms with Crippen molar-refractivity contribution in [3.63, 3.8) is 0 Å². The number of carboxylic acid groups (broad SMARTS) is 1. The van der Waals surface area contributed by atoms with E-state index < -0.39 is 11.8 Å². The summed E-state index contributed by atoms with van der Waals surface area (Å²) in [4.78, 5) is 11.1. The van der Waals surface area contributed by atoms with Crippen LogP contribution in [0.3, 0.4) is 0 Å². The van der Waals surface area contributed by atoms with Gasteiger partial charge in [0.1, 0.15) is 11.6 Å². The summed E-state index contributed by atoms with van der Waals surface area (Å²) in [6.45, 7) is 0. The summed E-state index contributed by atoms with van der Waals surface area (Å²) in [5.41, 5.74) is 0.359. The van der Waals surface area contributed by atoms with Crippen LogP contribution < -0.4 is 10.1 Å². The van der Waals surface area contributed by atoms with Gasteiger partial charge < -0.3 is 15.2 Å². The lowest BCUT2D eigenvalue weighted by Crippen LogP contribution is -2.04. The third-order valence-corrected chi connectivity index (χ3v) is 2.58. The molecule has 0 saturated heterocycles. The maximum Gasteiger partial charge on any atom is 0.337 e.